The molecule has 5 heterocycles. The number of carbonyl (C=O) groups excluding carboxylic acids is 2. The smallest absolute Gasteiger partial charge is 0.417 e. The average molecular weight is 533 g/mol. The highest BCUT2D eigenvalue weighted by molar-refractivity contribution is 5.97. The third-order valence-electron chi connectivity index (χ3n) is 8.60. The summed E-state index contributed by atoms with van der Waals surface area (Å²) in [6, 6.07) is 8.76. The third-order valence-corrected chi connectivity index (χ3v) is 8.60. The van der Waals surface area contributed by atoms with Crippen LogP contribution in [0.25, 0.3) is 11.1 Å². The molecule has 204 valence electrons. The second kappa shape index (κ2) is 9.82. The van der Waals surface area contributed by atoms with Crippen molar-refractivity contribution in [3.05, 3.63) is 57.7 Å². The molecule has 10 heteroatoms. The summed E-state index contributed by atoms with van der Waals surface area (Å²) >= 11 is 0. The van der Waals surface area contributed by atoms with Crippen LogP contribution in [0.3, 0.4) is 0 Å². The zero-order valence-electron chi connectivity index (χ0n) is 21.8. The molecule has 10 nitrogen and oxygen atoms in total. The number of rotatable bonds is 6. The van der Waals surface area contributed by atoms with Crippen LogP contribution in [-0.2, 0) is 4.74 Å². The van der Waals surface area contributed by atoms with Crippen LogP contribution in [0.5, 0.6) is 5.88 Å². The van der Waals surface area contributed by atoms with Crippen LogP contribution in [0, 0.1) is 17.8 Å². The second-order valence-corrected chi connectivity index (χ2v) is 11.4. The van der Waals surface area contributed by atoms with Gasteiger partial charge in [0.25, 0.3) is 11.8 Å². The van der Waals surface area contributed by atoms with E-state index in [2.05, 4.69) is 4.98 Å². The largest absolute Gasteiger partial charge is 0.477 e. The minimum atomic E-state index is -0.536. The molecular formula is C29H32N4O6. The van der Waals surface area contributed by atoms with E-state index in [0.29, 0.717) is 72.7 Å². The number of oxazole rings is 1. The van der Waals surface area contributed by atoms with Crippen LogP contribution >= 0.6 is 0 Å². The fraction of sp³-hybridized carbons (Fsp3) is 0.517. The van der Waals surface area contributed by atoms with Crippen LogP contribution in [0.1, 0.15) is 58.0 Å². The first-order valence-electron chi connectivity index (χ1n) is 13.9. The third kappa shape index (κ3) is 4.93. The van der Waals surface area contributed by atoms with Gasteiger partial charge in [0.2, 0.25) is 5.88 Å². The summed E-state index contributed by atoms with van der Waals surface area (Å²) in [5, 5.41) is 0. The van der Waals surface area contributed by atoms with Crippen molar-refractivity contribution < 1.29 is 23.5 Å². The molecule has 4 fully saturated rings. The Balaban J connectivity index is 1.01. The van der Waals surface area contributed by atoms with Crippen molar-refractivity contribution in [1.29, 1.82) is 0 Å². The highest BCUT2D eigenvalue weighted by atomic mass is 16.5. The first-order valence-corrected chi connectivity index (χ1v) is 13.9. The molecule has 1 aromatic carbocycles. The predicted molar refractivity (Wildman–Crippen MR) is 141 cm³/mol. The van der Waals surface area contributed by atoms with E-state index in [9.17, 15) is 14.4 Å². The van der Waals surface area contributed by atoms with Gasteiger partial charge in [-0.1, -0.05) is 0 Å². The maximum absolute atomic E-state index is 13.6. The van der Waals surface area contributed by atoms with Gasteiger partial charge in [-0.25, -0.2) is 9.78 Å². The van der Waals surface area contributed by atoms with Crippen LogP contribution in [0.4, 0.5) is 0 Å². The Morgan fingerprint density at radius 1 is 0.923 bits per heavy atom. The van der Waals surface area contributed by atoms with E-state index in [-0.39, 0.29) is 23.7 Å². The molecule has 2 unspecified atom stereocenters. The number of carbonyl (C=O) groups is 2. The van der Waals surface area contributed by atoms with Gasteiger partial charge < -0.3 is 23.7 Å². The minimum absolute atomic E-state index is 0.00966. The van der Waals surface area contributed by atoms with Gasteiger partial charge in [-0.2, -0.15) is 0 Å². The predicted octanol–water partition coefficient (Wildman–Crippen LogP) is 3.04. The zero-order chi connectivity index (χ0) is 26.5. The second-order valence-electron chi connectivity index (χ2n) is 11.4. The van der Waals surface area contributed by atoms with E-state index in [1.807, 2.05) is 15.9 Å². The van der Waals surface area contributed by atoms with Gasteiger partial charge in [0.1, 0.15) is 0 Å². The van der Waals surface area contributed by atoms with Crippen molar-refractivity contribution >= 4 is 22.9 Å². The molecule has 7 rings (SSSR count). The maximum atomic E-state index is 13.6. The number of ether oxygens (including phenoxy) is 2. The molecule has 0 bridgehead atoms. The molecule has 2 aromatic heterocycles. The number of aromatic nitrogens is 2. The van der Waals surface area contributed by atoms with Crippen molar-refractivity contribution in [2.45, 2.75) is 31.6 Å². The molecule has 0 spiro atoms. The molecule has 0 radical (unpaired) electrons. The number of aromatic amines is 1. The summed E-state index contributed by atoms with van der Waals surface area (Å²) in [5.41, 5.74) is 3.04. The Hall–Kier alpha value is -3.66. The molecule has 4 aliphatic rings. The van der Waals surface area contributed by atoms with Crippen LogP contribution < -0.4 is 10.5 Å². The number of H-pyrrole nitrogens is 1. The van der Waals surface area contributed by atoms with E-state index >= 15 is 0 Å². The molecule has 3 saturated heterocycles. The molecule has 1 aliphatic carbocycles. The molecular weight excluding hydrogens is 500 g/mol. The molecule has 2 atom stereocenters. The zero-order valence-corrected chi connectivity index (χ0v) is 21.8. The Morgan fingerprint density at radius 3 is 2.31 bits per heavy atom. The van der Waals surface area contributed by atoms with E-state index in [1.165, 1.54) is 0 Å². The molecule has 3 aromatic rings. The number of nitrogens with zero attached hydrogens (tertiary/aromatic N) is 3. The van der Waals surface area contributed by atoms with Crippen molar-refractivity contribution in [2.24, 2.45) is 17.8 Å². The number of hydrogen-bond donors (Lipinski definition) is 1. The van der Waals surface area contributed by atoms with Gasteiger partial charge in [0.15, 0.2) is 5.58 Å². The van der Waals surface area contributed by atoms with Crippen molar-refractivity contribution in [3.8, 4) is 5.88 Å². The lowest BCUT2D eigenvalue weighted by atomic mass is 10.0. The van der Waals surface area contributed by atoms with Crippen LogP contribution in [0.2, 0.25) is 0 Å². The number of likely N-dealkylation sites (tertiary alicyclic amines) is 2. The van der Waals surface area contributed by atoms with E-state index in [0.717, 1.165) is 44.6 Å². The summed E-state index contributed by atoms with van der Waals surface area (Å²) in [4.78, 5) is 49.3. The summed E-state index contributed by atoms with van der Waals surface area (Å²) in [6.45, 7) is 4.59. The van der Waals surface area contributed by atoms with Gasteiger partial charge in [-0.3, -0.25) is 14.6 Å². The molecule has 39 heavy (non-hydrogen) atoms. The van der Waals surface area contributed by atoms with Gasteiger partial charge in [0.05, 0.1) is 12.1 Å². The number of benzene rings is 1. The first-order chi connectivity index (χ1) is 19.0. The van der Waals surface area contributed by atoms with Gasteiger partial charge in [0, 0.05) is 80.0 Å². The number of hydrogen-bond acceptors (Lipinski definition) is 7. The quantitative estimate of drug-likeness (QED) is 0.518. The van der Waals surface area contributed by atoms with Crippen LogP contribution in [0.15, 0.2) is 39.5 Å². The molecule has 1 saturated carbocycles. The standard InChI is InChI=1S/C29H32N4O6/c34-27(19-3-4-23-25(10-19)39-29(36)31-23)32-12-21-14-33(15-22(21)13-32)28(35)20-9-24(18-1-2-18)30-26(11-20)38-16-17-5-7-37-8-6-17/h3-4,9-11,17-18,21-22H,1-2,5-8,12-16H2,(H,31,36). The number of pyridine rings is 1. The topological polar surface area (TPSA) is 118 Å². The highest BCUT2D eigenvalue weighted by Crippen LogP contribution is 2.40. The van der Waals surface area contributed by atoms with Gasteiger partial charge in [-0.05, 0) is 55.9 Å². The molecule has 3 aliphatic heterocycles. The SMILES string of the molecule is O=C(c1cc(OCC2CCOCC2)nc(C2CC2)c1)N1CC2CN(C(=O)c3ccc4[nH]c(=O)oc4c3)CC2C1. The van der Waals surface area contributed by atoms with Crippen molar-refractivity contribution in [1.82, 2.24) is 19.8 Å². The fourth-order valence-corrected chi connectivity index (χ4v) is 6.20. The van der Waals surface area contributed by atoms with Crippen molar-refractivity contribution in [3.63, 3.8) is 0 Å². The van der Waals surface area contributed by atoms with Gasteiger partial charge >= 0.3 is 5.76 Å². The lowest BCUT2D eigenvalue weighted by molar-refractivity contribution is 0.0490. The fourth-order valence-electron chi connectivity index (χ4n) is 6.20. The molecule has 1 N–H and O–H groups in total. The normalized spacial score (nSPS) is 23.4. The highest BCUT2D eigenvalue weighted by Gasteiger charge is 2.43. The Morgan fingerprint density at radius 2 is 1.62 bits per heavy atom. The van der Waals surface area contributed by atoms with Gasteiger partial charge in [-0.15, -0.1) is 0 Å². The Labute approximate surface area is 225 Å². The minimum Gasteiger partial charge on any atom is -0.477 e. The average Bonchev–Trinajstić information content (AvgIpc) is 3.46. The Kier molecular flexibility index (Phi) is 6.14. The summed E-state index contributed by atoms with van der Waals surface area (Å²) in [6.07, 6.45) is 4.18. The summed E-state index contributed by atoms with van der Waals surface area (Å²) in [7, 11) is 0. The Bertz CT molecular complexity index is 1460. The summed E-state index contributed by atoms with van der Waals surface area (Å²) in [5.74, 6) is 1.28. The number of amides is 2. The lowest BCUT2D eigenvalue weighted by Crippen LogP contribution is -2.35. The number of fused-ring (bicyclic) bond motifs is 2. The van der Waals surface area contributed by atoms with E-state index in [4.69, 9.17) is 18.9 Å². The first kappa shape index (κ1) is 24.4. The van der Waals surface area contributed by atoms with E-state index in [1.54, 1.807) is 24.3 Å². The molecule has 2 amide bonds. The van der Waals surface area contributed by atoms with Crippen molar-refractivity contribution in [2.75, 3.05) is 46.0 Å². The maximum Gasteiger partial charge on any atom is 0.417 e. The number of nitrogens with one attached hydrogen (secondary N) is 1. The lowest BCUT2D eigenvalue weighted by Gasteiger charge is -2.23. The van der Waals surface area contributed by atoms with Crippen LogP contribution in [-0.4, -0.2) is 77.6 Å². The summed E-state index contributed by atoms with van der Waals surface area (Å²) < 4.78 is 16.7. The van der Waals surface area contributed by atoms with E-state index < -0.39 is 5.76 Å². The monoisotopic (exact) mass is 532 g/mol.